The van der Waals surface area contributed by atoms with Gasteiger partial charge in [0.15, 0.2) is 0 Å². The molecule has 2 rings (SSSR count). The summed E-state index contributed by atoms with van der Waals surface area (Å²) >= 11 is 11.8. The van der Waals surface area contributed by atoms with E-state index >= 15 is 0 Å². The topological polar surface area (TPSA) is 66.5 Å². The van der Waals surface area contributed by atoms with Crippen LogP contribution in [-0.2, 0) is 0 Å². The normalized spacial score (nSPS) is 19.8. The fourth-order valence-corrected chi connectivity index (χ4v) is 2.76. The van der Waals surface area contributed by atoms with Crippen LogP contribution >= 0.6 is 23.2 Å². The van der Waals surface area contributed by atoms with Gasteiger partial charge in [0, 0.05) is 10.6 Å². The third-order valence-electron chi connectivity index (χ3n) is 3.41. The number of nitrogens with two attached hydrogens (primary N) is 1. The van der Waals surface area contributed by atoms with Gasteiger partial charge in [0.2, 0.25) is 0 Å². The molecule has 17 heavy (non-hydrogen) atoms. The summed E-state index contributed by atoms with van der Waals surface area (Å²) < 4.78 is 0. The maximum absolute atomic E-state index is 10.1. The minimum Gasteiger partial charge on any atom is -0.507 e. The number of benzene rings is 1. The van der Waals surface area contributed by atoms with Crippen molar-refractivity contribution in [2.24, 2.45) is 11.7 Å². The number of aromatic hydroxyl groups is 1. The zero-order valence-corrected chi connectivity index (χ0v) is 10.7. The van der Waals surface area contributed by atoms with Crippen LogP contribution in [0.5, 0.6) is 5.75 Å². The first-order chi connectivity index (χ1) is 8.00. The second kappa shape index (κ2) is 5.02. The molecule has 0 aromatic heterocycles. The van der Waals surface area contributed by atoms with Crippen LogP contribution in [0.3, 0.4) is 0 Å². The first-order valence-corrected chi connectivity index (χ1v) is 6.38. The van der Waals surface area contributed by atoms with E-state index in [1.54, 1.807) is 0 Å². The monoisotopic (exact) mass is 275 g/mol. The molecule has 3 nitrogen and oxygen atoms in total. The summed E-state index contributed by atoms with van der Waals surface area (Å²) in [7, 11) is 0. The zero-order valence-electron chi connectivity index (χ0n) is 9.24. The molecule has 0 heterocycles. The lowest BCUT2D eigenvalue weighted by Crippen LogP contribution is -2.36. The molecule has 94 valence electrons. The number of halogens is 2. The van der Waals surface area contributed by atoms with Crippen LogP contribution in [0.4, 0.5) is 0 Å². The van der Waals surface area contributed by atoms with Gasteiger partial charge in [0.05, 0.1) is 17.2 Å². The Kier molecular flexibility index (Phi) is 3.83. The summed E-state index contributed by atoms with van der Waals surface area (Å²) in [4.78, 5) is 0. The first kappa shape index (κ1) is 13.0. The number of rotatable bonds is 3. The second-order valence-corrected chi connectivity index (χ2v) is 5.37. The number of aliphatic hydroxyl groups excluding tert-OH is 1. The molecular weight excluding hydrogens is 261 g/mol. The second-order valence-electron chi connectivity index (χ2n) is 4.53. The molecule has 0 radical (unpaired) electrons. The van der Waals surface area contributed by atoms with E-state index < -0.39 is 12.1 Å². The Morgan fingerprint density at radius 1 is 1.29 bits per heavy atom. The average molecular weight is 276 g/mol. The predicted molar refractivity (Wildman–Crippen MR) is 68.4 cm³/mol. The Morgan fingerprint density at radius 2 is 1.94 bits per heavy atom. The van der Waals surface area contributed by atoms with Crippen LogP contribution in [0.25, 0.3) is 0 Å². The van der Waals surface area contributed by atoms with Gasteiger partial charge in [-0.2, -0.15) is 0 Å². The molecule has 1 aromatic carbocycles. The van der Waals surface area contributed by atoms with Crippen molar-refractivity contribution in [3.63, 3.8) is 0 Å². The highest BCUT2D eigenvalue weighted by Gasteiger charge is 2.32. The summed E-state index contributed by atoms with van der Waals surface area (Å²) in [6, 6.07) is 2.23. The highest BCUT2D eigenvalue weighted by molar-refractivity contribution is 6.35. The lowest BCUT2D eigenvalue weighted by Gasteiger charge is -2.34. The van der Waals surface area contributed by atoms with Crippen LogP contribution < -0.4 is 5.73 Å². The molecule has 0 aliphatic heterocycles. The van der Waals surface area contributed by atoms with Gasteiger partial charge in [-0.1, -0.05) is 29.6 Å². The average Bonchev–Trinajstić information content (AvgIpc) is 2.12. The van der Waals surface area contributed by atoms with Crippen molar-refractivity contribution in [3.8, 4) is 5.75 Å². The summed E-state index contributed by atoms with van der Waals surface area (Å²) in [5.74, 6) is 0.143. The number of hydrogen-bond acceptors (Lipinski definition) is 3. The highest BCUT2D eigenvalue weighted by Crippen LogP contribution is 2.40. The van der Waals surface area contributed by atoms with Crippen molar-refractivity contribution in [3.05, 3.63) is 27.7 Å². The minimum atomic E-state index is -0.676. The van der Waals surface area contributed by atoms with Crippen LogP contribution in [0, 0.1) is 5.92 Å². The molecule has 0 spiro atoms. The smallest absolute Gasteiger partial charge is 0.123 e. The first-order valence-electron chi connectivity index (χ1n) is 5.62. The molecular formula is C12H15Cl2NO2. The van der Waals surface area contributed by atoms with E-state index in [9.17, 15) is 10.2 Å². The van der Waals surface area contributed by atoms with Gasteiger partial charge in [0.25, 0.3) is 0 Å². The lowest BCUT2D eigenvalue weighted by molar-refractivity contribution is 0.0408. The highest BCUT2D eigenvalue weighted by atomic mass is 35.5. The zero-order chi connectivity index (χ0) is 12.6. The van der Waals surface area contributed by atoms with Gasteiger partial charge in [0.1, 0.15) is 5.75 Å². The molecule has 1 fully saturated rings. The van der Waals surface area contributed by atoms with Crippen molar-refractivity contribution in [2.75, 3.05) is 0 Å². The van der Waals surface area contributed by atoms with Crippen LogP contribution in [0.2, 0.25) is 10.0 Å². The van der Waals surface area contributed by atoms with Crippen LogP contribution in [-0.4, -0.2) is 16.3 Å². The van der Waals surface area contributed by atoms with Crippen molar-refractivity contribution >= 4 is 23.2 Å². The molecule has 0 amide bonds. The van der Waals surface area contributed by atoms with E-state index in [1.807, 2.05) is 0 Å². The maximum Gasteiger partial charge on any atom is 0.123 e. The van der Waals surface area contributed by atoms with Crippen molar-refractivity contribution in [1.29, 1.82) is 0 Å². The molecule has 1 saturated carbocycles. The molecule has 1 aromatic rings. The Balaban J connectivity index is 2.26. The number of hydrogen-bond donors (Lipinski definition) is 3. The summed E-state index contributed by atoms with van der Waals surface area (Å²) in [5.41, 5.74) is 6.33. The summed E-state index contributed by atoms with van der Waals surface area (Å²) in [6.45, 7) is 0. The molecule has 1 aliphatic carbocycles. The Morgan fingerprint density at radius 3 is 2.41 bits per heavy atom. The van der Waals surface area contributed by atoms with Gasteiger partial charge >= 0.3 is 0 Å². The minimum absolute atomic E-state index is 0.0617. The van der Waals surface area contributed by atoms with Crippen molar-refractivity contribution < 1.29 is 10.2 Å². The van der Waals surface area contributed by atoms with Crippen molar-refractivity contribution in [2.45, 2.75) is 31.4 Å². The van der Waals surface area contributed by atoms with E-state index in [2.05, 4.69) is 0 Å². The predicted octanol–water partition coefficient (Wildman–Crippen LogP) is 2.86. The van der Waals surface area contributed by atoms with Gasteiger partial charge < -0.3 is 15.9 Å². The summed E-state index contributed by atoms with van der Waals surface area (Å²) in [5, 5.41) is 20.5. The number of aliphatic hydroxyl groups is 1. The third-order valence-corrected chi connectivity index (χ3v) is 3.94. The Hall–Kier alpha value is -0.480. The fourth-order valence-electron chi connectivity index (χ4n) is 2.15. The SMILES string of the molecule is N[C@H](c1c(O)cc(Cl)cc1Cl)[C@@H](O)C1CCC1. The quantitative estimate of drug-likeness (QED) is 0.795. The maximum atomic E-state index is 10.1. The Labute approximate surface area is 110 Å². The van der Waals surface area contributed by atoms with E-state index in [0.29, 0.717) is 15.6 Å². The van der Waals surface area contributed by atoms with Gasteiger partial charge in [-0.05, 0) is 30.9 Å². The van der Waals surface area contributed by atoms with E-state index in [1.165, 1.54) is 12.1 Å². The Bertz CT molecular complexity index is 398. The lowest BCUT2D eigenvalue weighted by atomic mass is 9.77. The standard InChI is InChI=1S/C12H15Cl2NO2/c13-7-4-8(14)10(9(16)5-7)11(15)12(17)6-2-1-3-6/h4-6,11-12,16-17H,1-3,15H2/t11-,12+/m1/s1. The third kappa shape index (κ3) is 2.52. The largest absolute Gasteiger partial charge is 0.507 e. The van der Waals surface area contributed by atoms with Crippen LogP contribution in [0.15, 0.2) is 12.1 Å². The molecule has 0 saturated heterocycles. The van der Waals surface area contributed by atoms with Gasteiger partial charge in [-0.3, -0.25) is 0 Å². The molecule has 2 atom stereocenters. The van der Waals surface area contributed by atoms with E-state index in [-0.39, 0.29) is 11.7 Å². The van der Waals surface area contributed by atoms with E-state index in [0.717, 1.165) is 19.3 Å². The molecule has 4 N–H and O–H groups in total. The van der Waals surface area contributed by atoms with Gasteiger partial charge in [-0.15, -0.1) is 0 Å². The summed E-state index contributed by atoms with van der Waals surface area (Å²) in [6.07, 6.45) is 2.39. The molecule has 1 aliphatic rings. The molecule has 5 heteroatoms. The molecule has 0 bridgehead atoms. The molecule has 0 unspecified atom stereocenters. The van der Waals surface area contributed by atoms with Crippen LogP contribution in [0.1, 0.15) is 30.9 Å². The van der Waals surface area contributed by atoms with Gasteiger partial charge in [-0.25, -0.2) is 0 Å². The van der Waals surface area contributed by atoms with E-state index in [4.69, 9.17) is 28.9 Å². The number of phenols is 1. The fraction of sp³-hybridized carbons (Fsp3) is 0.500. The number of phenolic OH excluding ortho intramolecular Hbond substituents is 1. The van der Waals surface area contributed by atoms with Crippen molar-refractivity contribution in [1.82, 2.24) is 0 Å².